The summed E-state index contributed by atoms with van der Waals surface area (Å²) in [6, 6.07) is 8.92. The van der Waals surface area contributed by atoms with Crippen molar-refractivity contribution in [2.45, 2.75) is 51.1 Å². The van der Waals surface area contributed by atoms with E-state index in [-0.39, 0.29) is 0 Å². The molecule has 0 radical (unpaired) electrons. The molecule has 2 N–H and O–H groups in total. The van der Waals surface area contributed by atoms with Gasteiger partial charge in [-0.25, -0.2) is 0 Å². The Hall–Kier alpha value is -1.02. The van der Waals surface area contributed by atoms with E-state index in [2.05, 4.69) is 18.3 Å². The van der Waals surface area contributed by atoms with Crippen molar-refractivity contribution in [3.05, 3.63) is 29.8 Å². The van der Waals surface area contributed by atoms with Crippen molar-refractivity contribution in [1.82, 2.24) is 5.32 Å². The molecule has 1 heterocycles. The topological polar surface area (TPSA) is 32.3 Å². The molecule has 2 unspecified atom stereocenters. The number of hydrogen-bond acceptors (Lipinski definition) is 2. The lowest BCUT2D eigenvalue weighted by Gasteiger charge is -2.13. The normalized spacial score (nSPS) is 24.8. The van der Waals surface area contributed by atoms with Crippen LogP contribution in [0.4, 0.5) is 0 Å². The second kappa shape index (κ2) is 5.35. The molecule has 1 aromatic carbocycles. The van der Waals surface area contributed by atoms with E-state index in [1.54, 1.807) is 6.07 Å². The first-order valence-corrected chi connectivity index (χ1v) is 6.32. The van der Waals surface area contributed by atoms with Crippen LogP contribution in [0.25, 0.3) is 0 Å². The van der Waals surface area contributed by atoms with Gasteiger partial charge in [0.15, 0.2) is 0 Å². The zero-order chi connectivity index (χ0) is 11.4. The van der Waals surface area contributed by atoms with Gasteiger partial charge in [-0.1, -0.05) is 25.5 Å². The smallest absolute Gasteiger partial charge is 0.115 e. The summed E-state index contributed by atoms with van der Waals surface area (Å²) in [5, 5.41) is 13.1. The second-order valence-corrected chi connectivity index (χ2v) is 4.80. The van der Waals surface area contributed by atoms with E-state index in [1.807, 2.05) is 12.1 Å². The lowest BCUT2D eigenvalue weighted by atomic mass is 10.0. The fraction of sp³-hybridized carbons (Fsp3) is 0.571. The highest BCUT2D eigenvalue weighted by atomic mass is 16.3. The second-order valence-electron chi connectivity index (χ2n) is 4.80. The summed E-state index contributed by atoms with van der Waals surface area (Å²) < 4.78 is 0. The number of hydrogen-bond donors (Lipinski definition) is 2. The van der Waals surface area contributed by atoms with Crippen molar-refractivity contribution in [3.8, 4) is 5.75 Å². The molecule has 2 rings (SSSR count). The van der Waals surface area contributed by atoms with Crippen LogP contribution in [-0.4, -0.2) is 17.2 Å². The first-order valence-electron chi connectivity index (χ1n) is 6.32. The summed E-state index contributed by atoms with van der Waals surface area (Å²) in [7, 11) is 0. The van der Waals surface area contributed by atoms with Crippen LogP contribution in [0.5, 0.6) is 5.75 Å². The summed E-state index contributed by atoms with van der Waals surface area (Å²) in [5.74, 6) is 0.376. The van der Waals surface area contributed by atoms with Gasteiger partial charge in [-0.15, -0.1) is 0 Å². The number of nitrogens with one attached hydrogen (secondary N) is 1. The van der Waals surface area contributed by atoms with Gasteiger partial charge >= 0.3 is 0 Å². The first-order chi connectivity index (χ1) is 7.78. The molecule has 2 nitrogen and oxygen atoms in total. The highest BCUT2D eigenvalue weighted by molar-refractivity contribution is 5.27. The fourth-order valence-electron chi connectivity index (χ4n) is 2.61. The quantitative estimate of drug-likeness (QED) is 0.816. The number of rotatable bonds is 4. The molecule has 16 heavy (non-hydrogen) atoms. The van der Waals surface area contributed by atoms with Crippen molar-refractivity contribution < 1.29 is 5.11 Å². The zero-order valence-corrected chi connectivity index (χ0v) is 9.95. The maximum atomic E-state index is 9.40. The van der Waals surface area contributed by atoms with Crippen molar-refractivity contribution >= 4 is 0 Å². The molecular formula is C14H21NO. The highest BCUT2D eigenvalue weighted by Gasteiger charge is 2.22. The molecule has 1 aliphatic heterocycles. The summed E-state index contributed by atoms with van der Waals surface area (Å²) in [4.78, 5) is 0. The van der Waals surface area contributed by atoms with Crippen molar-refractivity contribution in [2.75, 3.05) is 0 Å². The third kappa shape index (κ3) is 2.99. The monoisotopic (exact) mass is 219 g/mol. The molecule has 1 aromatic rings. The molecule has 0 saturated carbocycles. The number of benzene rings is 1. The van der Waals surface area contributed by atoms with Crippen LogP contribution in [0.3, 0.4) is 0 Å². The Balaban J connectivity index is 1.87. The maximum absolute atomic E-state index is 9.40. The van der Waals surface area contributed by atoms with E-state index in [4.69, 9.17) is 0 Å². The van der Waals surface area contributed by atoms with E-state index in [0.717, 1.165) is 6.42 Å². The highest BCUT2D eigenvalue weighted by Crippen LogP contribution is 2.20. The average molecular weight is 219 g/mol. The van der Waals surface area contributed by atoms with Gasteiger partial charge in [0.1, 0.15) is 5.75 Å². The van der Waals surface area contributed by atoms with Gasteiger partial charge in [0.25, 0.3) is 0 Å². The molecule has 0 aromatic heterocycles. The van der Waals surface area contributed by atoms with E-state index in [9.17, 15) is 5.11 Å². The van der Waals surface area contributed by atoms with E-state index >= 15 is 0 Å². The Labute approximate surface area is 97.7 Å². The molecule has 88 valence electrons. The molecule has 1 aliphatic rings. The molecular weight excluding hydrogens is 198 g/mol. The first kappa shape index (κ1) is 11.5. The molecule has 2 atom stereocenters. The predicted octanol–water partition coefficient (Wildman–Crippen LogP) is 2.86. The van der Waals surface area contributed by atoms with Gasteiger partial charge in [-0.2, -0.15) is 0 Å². The van der Waals surface area contributed by atoms with E-state index in [0.29, 0.717) is 17.8 Å². The van der Waals surface area contributed by atoms with Gasteiger partial charge < -0.3 is 10.4 Å². The van der Waals surface area contributed by atoms with Crippen LogP contribution < -0.4 is 5.32 Å². The Morgan fingerprint density at radius 3 is 2.88 bits per heavy atom. The van der Waals surface area contributed by atoms with Gasteiger partial charge in [0.2, 0.25) is 0 Å². The largest absolute Gasteiger partial charge is 0.508 e. The third-order valence-corrected chi connectivity index (χ3v) is 3.36. The molecule has 2 heteroatoms. The molecule has 1 fully saturated rings. The Kier molecular flexibility index (Phi) is 3.83. The van der Waals surface area contributed by atoms with Crippen LogP contribution in [0, 0.1) is 0 Å². The zero-order valence-electron chi connectivity index (χ0n) is 9.95. The summed E-state index contributed by atoms with van der Waals surface area (Å²) in [6.45, 7) is 2.24. The Bertz CT molecular complexity index is 337. The van der Waals surface area contributed by atoms with E-state index < -0.39 is 0 Å². The van der Waals surface area contributed by atoms with Crippen molar-refractivity contribution in [3.63, 3.8) is 0 Å². The standard InChI is InChI=1S/C14H21NO/c1-2-4-12-7-8-13(15-12)9-11-5-3-6-14(16)10-11/h3,5-6,10,12-13,15-16H,2,4,7-9H2,1H3. The Morgan fingerprint density at radius 1 is 1.31 bits per heavy atom. The number of phenolic OH excluding ortho intramolecular Hbond substituents is 1. The fourth-order valence-corrected chi connectivity index (χ4v) is 2.61. The minimum atomic E-state index is 0.376. The molecule has 0 bridgehead atoms. The third-order valence-electron chi connectivity index (χ3n) is 3.36. The molecule has 1 saturated heterocycles. The average Bonchev–Trinajstić information content (AvgIpc) is 2.66. The van der Waals surface area contributed by atoms with Crippen LogP contribution >= 0.6 is 0 Å². The van der Waals surface area contributed by atoms with Gasteiger partial charge in [0, 0.05) is 12.1 Å². The molecule has 0 aliphatic carbocycles. The molecule has 0 amide bonds. The van der Waals surface area contributed by atoms with Crippen molar-refractivity contribution in [2.24, 2.45) is 0 Å². The summed E-state index contributed by atoms with van der Waals surface area (Å²) >= 11 is 0. The SMILES string of the molecule is CCCC1CCC(Cc2cccc(O)c2)N1. The molecule has 0 spiro atoms. The lowest BCUT2D eigenvalue weighted by molar-refractivity contribution is 0.472. The lowest BCUT2D eigenvalue weighted by Crippen LogP contribution is -2.30. The minimum absolute atomic E-state index is 0.376. The van der Waals surface area contributed by atoms with Crippen LogP contribution in [0.1, 0.15) is 38.2 Å². The van der Waals surface area contributed by atoms with Crippen LogP contribution in [0.2, 0.25) is 0 Å². The van der Waals surface area contributed by atoms with Crippen molar-refractivity contribution in [1.29, 1.82) is 0 Å². The Morgan fingerprint density at radius 2 is 2.12 bits per heavy atom. The summed E-state index contributed by atoms with van der Waals surface area (Å²) in [5.41, 5.74) is 1.23. The minimum Gasteiger partial charge on any atom is -0.508 e. The van der Waals surface area contributed by atoms with Gasteiger partial charge in [0.05, 0.1) is 0 Å². The van der Waals surface area contributed by atoms with E-state index in [1.165, 1.54) is 31.2 Å². The predicted molar refractivity (Wildman–Crippen MR) is 66.7 cm³/mol. The van der Waals surface area contributed by atoms with Gasteiger partial charge in [-0.3, -0.25) is 0 Å². The number of aromatic hydroxyl groups is 1. The number of phenols is 1. The van der Waals surface area contributed by atoms with Gasteiger partial charge in [-0.05, 0) is 43.4 Å². The summed E-state index contributed by atoms with van der Waals surface area (Å²) in [6.07, 6.45) is 6.15. The van der Waals surface area contributed by atoms with Crippen LogP contribution in [-0.2, 0) is 6.42 Å². The maximum Gasteiger partial charge on any atom is 0.115 e. The van der Waals surface area contributed by atoms with Crippen LogP contribution in [0.15, 0.2) is 24.3 Å².